The van der Waals surface area contributed by atoms with E-state index in [-0.39, 0.29) is 41.3 Å². The zero-order valence-corrected chi connectivity index (χ0v) is 16.2. The third-order valence-electron chi connectivity index (χ3n) is 3.80. The molecule has 2 aromatic rings. The minimum absolute atomic E-state index is 0. The van der Waals surface area contributed by atoms with E-state index in [0.29, 0.717) is 5.56 Å². The van der Waals surface area contributed by atoms with Crippen molar-refractivity contribution in [2.45, 2.75) is 26.1 Å². The highest BCUT2D eigenvalue weighted by Crippen LogP contribution is 2.25. The molecular formula is C18H21BrFN5O. The van der Waals surface area contributed by atoms with Crippen LogP contribution in [-0.4, -0.2) is 22.6 Å². The second-order valence-corrected chi connectivity index (χ2v) is 6.18. The number of nitrogens with two attached hydrogens (primary N) is 2. The maximum atomic E-state index is 14.2. The largest absolute Gasteiger partial charge is 0.368 e. The Morgan fingerprint density at radius 2 is 1.81 bits per heavy atom. The van der Waals surface area contributed by atoms with Gasteiger partial charge in [0.15, 0.2) is 5.66 Å². The minimum atomic E-state index is -0.780. The van der Waals surface area contributed by atoms with Gasteiger partial charge in [-0.25, -0.2) is 9.38 Å². The molecule has 1 heterocycles. The Bertz CT molecular complexity index is 839. The number of guanidine groups is 2. The summed E-state index contributed by atoms with van der Waals surface area (Å²) in [4.78, 5) is 13.9. The van der Waals surface area contributed by atoms with E-state index in [4.69, 9.17) is 16.3 Å². The Morgan fingerprint density at radius 1 is 1.12 bits per heavy atom. The Morgan fingerprint density at radius 3 is 2.46 bits per heavy atom. The van der Waals surface area contributed by atoms with Crippen LogP contribution in [0.1, 0.15) is 19.4 Å². The molecule has 0 atom stereocenters. The zero-order chi connectivity index (χ0) is 18.0. The highest BCUT2D eigenvalue weighted by atomic mass is 79.9. The van der Waals surface area contributed by atoms with Gasteiger partial charge in [0.25, 0.3) is 0 Å². The van der Waals surface area contributed by atoms with Gasteiger partial charge in [0, 0.05) is 5.56 Å². The maximum Gasteiger partial charge on any atom is 0.226 e. The van der Waals surface area contributed by atoms with Crippen LogP contribution in [0.25, 0.3) is 11.1 Å². The summed E-state index contributed by atoms with van der Waals surface area (Å²) >= 11 is 0. The van der Waals surface area contributed by atoms with Gasteiger partial charge in [-0.3, -0.25) is 4.84 Å². The number of halogens is 2. The highest BCUT2D eigenvalue weighted by Gasteiger charge is 2.33. The molecule has 0 aliphatic carbocycles. The van der Waals surface area contributed by atoms with Crippen LogP contribution >= 0.6 is 17.0 Å². The van der Waals surface area contributed by atoms with E-state index in [1.165, 1.54) is 11.1 Å². The molecule has 8 heteroatoms. The fourth-order valence-corrected chi connectivity index (χ4v) is 2.66. The van der Waals surface area contributed by atoms with Crippen molar-refractivity contribution < 1.29 is 9.23 Å². The van der Waals surface area contributed by atoms with Gasteiger partial charge >= 0.3 is 0 Å². The van der Waals surface area contributed by atoms with E-state index in [1.807, 2.05) is 44.2 Å². The number of hydrogen-bond donors (Lipinski definition) is 2. The molecule has 0 spiro atoms. The van der Waals surface area contributed by atoms with Gasteiger partial charge in [-0.15, -0.1) is 17.0 Å². The lowest BCUT2D eigenvalue weighted by atomic mass is 10.0. The summed E-state index contributed by atoms with van der Waals surface area (Å²) < 4.78 is 14.2. The second-order valence-electron chi connectivity index (χ2n) is 6.18. The summed E-state index contributed by atoms with van der Waals surface area (Å²) in [5.41, 5.74) is 12.9. The van der Waals surface area contributed by atoms with Crippen molar-refractivity contribution >= 4 is 28.9 Å². The van der Waals surface area contributed by atoms with Gasteiger partial charge < -0.3 is 11.5 Å². The molecule has 0 unspecified atom stereocenters. The third kappa shape index (κ3) is 4.20. The SMILES string of the molecule is Br.CC1(C)N=C(N)N=C(N)N1OCc1ccc(F)c(-c2ccccc2)c1. The monoisotopic (exact) mass is 421 g/mol. The lowest BCUT2D eigenvalue weighted by Gasteiger charge is -2.36. The molecule has 3 rings (SSSR count). The van der Waals surface area contributed by atoms with Crippen LogP contribution in [0.5, 0.6) is 0 Å². The van der Waals surface area contributed by atoms with Gasteiger partial charge in [-0.1, -0.05) is 36.4 Å². The number of rotatable bonds is 4. The van der Waals surface area contributed by atoms with E-state index in [2.05, 4.69) is 9.98 Å². The molecule has 26 heavy (non-hydrogen) atoms. The molecule has 0 amide bonds. The standard InChI is InChI=1S/C18H20FN5O.BrH/c1-18(2)23-16(20)22-17(21)24(18)25-11-12-8-9-15(19)14(10-12)13-6-4-3-5-7-13;/h3-10H,11H2,1-2H3,(H4,20,21,22,23);1H. The zero-order valence-electron chi connectivity index (χ0n) is 14.5. The van der Waals surface area contributed by atoms with Crippen molar-refractivity contribution in [1.82, 2.24) is 5.06 Å². The van der Waals surface area contributed by atoms with Crippen LogP contribution in [0.2, 0.25) is 0 Å². The first-order chi connectivity index (χ1) is 11.9. The van der Waals surface area contributed by atoms with Crippen molar-refractivity contribution in [3.63, 3.8) is 0 Å². The Labute approximate surface area is 162 Å². The van der Waals surface area contributed by atoms with Crippen molar-refractivity contribution in [3.8, 4) is 11.1 Å². The summed E-state index contributed by atoms with van der Waals surface area (Å²) in [6.07, 6.45) is 0. The maximum absolute atomic E-state index is 14.2. The molecule has 4 N–H and O–H groups in total. The van der Waals surface area contributed by atoms with Crippen LogP contribution in [-0.2, 0) is 11.4 Å². The first-order valence-electron chi connectivity index (χ1n) is 7.83. The number of hydroxylamine groups is 2. The van der Waals surface area contributed by atoms with Crippen molar-refractivity contribution in [2.75, 3.05) is 0 Å². The molecule has 2 aromatic carbocycles. The fourth-order valence-electron chi connectivity index (χ4n) is 2.66. The van der Waals surface area contributed by atoms with E-state index < -0.39 is 5.66 Å². The molecular weight excluding hydrogens is 401 g/mol. The van der Waals surface area contributed by atoms with Gasteiger partial charge in [0.1, 0.15) is 12.4 Å². The molecule has 6 nitrogen and oxygen atoms in total. The van der Waals surface area contributed by atoms with Gasteiger partial charge in [-0.05, 0) is 37.1 Å². The van der Waals surface area contributed by atoms with Crippen LogP contribution in [0.15, 0.2) is 58.5 Å². The van der Waals surface area contributed by atoms with Crippen LogP contribution in [0, 0.1) is 5.82 Å². The Balaban J connectivity index is 0.00000243. The lowest BCUT2D eigenvalue weighted by molar-refractivity contribution is -0.166. The van der Waals surface area contributed by atoms with Crippen LogP contribution in [0.3, 0.4) is 0 Å². The lowest BCUT2D eigenvalue weighted by Crippen LogP contribution is -2.53. The van der Waals surface area contributed by atoms with Crippen LogP contribution in [0.4, 0.5) is 4.39 Å². The summed E-state index contributed by atoms with van der Waals surface area (Å²) in [6.45, 7) is 3.80. The molecule has 0 aromatic heterocycles. The molecule has 0 radical (unpaired) electrons. The average molecular weight is 422 g/mol. The van der Waals surface area contributed by atoms with E-state index >= 15 is 0 Å². The fraction of sp³-hybridized carbons (Fsp3) is 0.222. The number of aliphatic imine (C=N–C) groups is 2. The number of benzene rings is 2. The van der Waals surface area contributed by atoms with Gasteiger partial charge in [0.2, 0.25) is 11.9 Å². The summed E-state index contributed by atoms with van der Waals surface area (Å²) in [6, 6.07) is 14.2. The molecule has 0 saturated heterocycles. The van der Waals surface area contributed by atoms with Crippen LogP contribution < -0.4 is 11.5 Å². The first-order valence-corrected chi connectivity index (χ1v) is 7.83. The molecule has 138 valence electrons. The summed E-state index contributed by atoms with van der Waals surface area (Å²) in [7, 11) is 0. The predicted octanol–water partition coefficient (Wildman–Crippen LogP) is 3.18. The molecule has 0 saturated carbocycles. The topological polar surface area (TPSA) is 89.2 Å². The quantitative estimate of drug-likeness (QED) is 0.792. The van der Waals surface area contributed by atoms with Crippen molar-refractivity contribution in [2.24, 2.45) is 21.5 Å². The molecule has 0 bridgehead atoms. The highest BCUT2D eigenvalue weighted by molar-refractivity contribution is 8.93. The van der Waals surface area contributed by atoms with Crippen molar-refractivity contribution in [1.29, 1.82) is 0 Å². The molecule has 1 aliphatic rings. The first kappa shape index (κ1) is 19.9. The molecule has 1 aliphatic heterocycles. The van der Waals surface area contributed by atoms with E-state index in [1.54, 1.807) is 12.1 Å². The molecule has 0 fully saturated rings. The third-order valence-corrected chi connectivity index (χ3v) is 3.80. The van der Waals surface area contributed by atoms with Gasteiger partial charge in [-0.2, -0.15) is 10.1 Å². The number of nitrogens with zero attached hydrogens (tertiary/aromatic N) is 3. The summed E-state index contributed by atoms with van der Waals surface area (Å²) in [5, 5.41) is 1.40. The average Bonchev–Trinajstić information content (AvgIpc) is 2.55. The van der Waals surface area contributed by atoms with Crippen molar-refractivity contribution in [3.05, 3.63) is 59.9 Å². The predicted molar refractivity (Wildman–Crippen MR) is 106 cm³/mol. The smallest absolute Gasteiger partial charge is 0.226 e. The van der Waals surface area contributed by atoms with Gasteiger partial charge in [0.05, 0.1) is 0 Å². The summed E-state index contributed by atoms with van der Waals surface area (Å²) in [5.74, 6) is -0.0508. The van der Waals surface area contributed by atoms with E-state index in [0.717, 1.165) is 11.1 Å². The van der Waals surface area contributed by atoms with E-state index in [9.17, 15) is 4.39 Å². The Hall–Kier alpha value is -2.45. The minimum Gasteiger partial charge on any atom is -0.368 e. The number of hydrogen-bond acceptors (Lipinski definition) is 6. The second kappa shape index (κ2) is 7.84. The Kier molecular flexibility index (Phi) is 5.99. The normalized spacial score (nSPS) is 15.7.